The second-order valence-electron chi connectivity index (χ2n) is 8.19. The summed E-state index contributed by atoms with van der Waals surface area (Å²) in [6, 6.07) is 19.9. The Hall–Kier alpha value is -4.06. The second-order valence-corrected chi connectivity index (χ2v) is 8.19. The quantitative estimate of drug-likeness (QED) is 0.375. The van der Waals surface area contributed by atoms with Crippen LogP contribution in [0.3, 0.4) is 0 Å². The molecular weight excluding hydrogens is 430 g/mol. The Morgan fingerprint density at radius 3 is 2.32 bits per heavy atom. The molecule has 34 heavy (non-hydrogen) atoms. The minimum Gasteiger partial charge on any atom is -0.497 e. The minimum atomic E-state index is -0.887. The molecule has 1 heterocycles. The van der Waals surface area contributed by atoms with Crippen LogP contribution in [0.15, 0.2) is 75.9 Å². The highest BCUT2D eigenvalue weighted by molar-refractivity contribution is 5.94. The molecule has 174 valence electrons. The van der Waals surface area contributed by atoms with Gasteiger partial charge in [0.25, 0.3) is 5.91 Å². The number of rotatable bonds is 7. The lowest BCUT2D eigenvalue weighted by atomic mass is 10.1. The monoisotopic (exact) mass is 457 g/mol. The average molecular weight is 458 g/mol. The van der Waals surface area contributed by atoms with Crippen molar-refractivity contribution in [2.24, 2.45) is 0 Å². The van der Waals surface area contributed by atoms with Crippen LogP contribution in [0, 0.1) is 13.8 Å². The first-order chi connectivity index (χ1) is 16.4. The van der Waals surface area contributed by atoms with Gasteiger partial charge in [0.05, 0.1) is 12.5 Å². The van der Waals surface area contributed by atoms with Gasteiger partial charge in [-0.1, -0.05) is 25.1 Å². The summed E-state index contributed by atoms with van der Waals surface area (Å²) in [5.74, 6) is 0.615. The van der Waals surface area contributed by atoms with Gasteiger partial charge < -0.3 is 19.2 Å². The van der Waals surface area contributed by atoms with Crippen LogP contribution in [0.1, 0.15) is 24.5 Å². The lowest BCUT2D eigenvalue weighted by molar-refractivity contribution is -0.122. The van der Waals surface area contributed by atoms with Crippen LogP contribution in [0.25, 0.3) is 22.3 Å². The number of carbonyl (C=O) groups is 1. The van der Waals surface area contributed by atoms with Gasteiger partial charge in [0.2, 0.25) is 11.2 Å². The second kappa shape index (κ2) is 9.83. The summed E-state index contributed by atoms with van der Waals surface area (Å²) < 4.78 is 17.4. The van der Waals surface area contributed by atoms with Crippen LogP contribution < -0.4 is 20.2 Å². The van der Waals surface area contributed by atoms with Gasteiger partial charge in [-0.3, -0.25) is 9.59 Å². The number of hydrogen-bond acceptors (Lipinski definition) is 5. The van der Waals surface area contributed by atoms with E-state index in [1.165, 1.54) is 0 Å². The van der Waals surface area contributed by atoms with E-state index in [-0.39, 0.29) is 22.8 Å². The van der Waals surface area contributed by atoms with Gasteiger partial charge in [-0.2, -0.15) is 0 Å². The van der Waals surface area contributed by atoms with Crippen molar-refractivity contribution in [1.29, 1.82) is 0 Å². The standard InChI is InChI=1S/C28H27NO5/c1-5-23(28(31)29-20-15-17(2)14-18(3)16-20)33-27-25(30)22-8-6-7-9-24(22)34-26(27)19-10-12-21(32-4)13-11-19/h6-16,23H,5H2,1-4H3,(H,29,31). The van der Waals surface area contributed by atoms with E-state index in [1.54, 1.807) is 55.6 Å². The normalized spacial score (nSPS) is 11.8. The van der Waals surface area contributed by atoms with Gasteiger partial charge in [-0.25, -0.2) is 0 Å². The number of carbonyl (C=O) groups excluding carboxylic acids is 1. The molecular formula is C28H27NO5. The Kier molecular flexibility index (Phi) is 6.68. The fourth-order valence-electron chi connectivity index (χ4n) is 3.90. The molecule has 0 aliphatic carbocycles. The van der Waals surface area contributed by atoms with Crippen molar-refractivity contribution in [1.82, 2.24) is 0 Å². The number of ether oxygens (including phenoxy) is 2. The zero-order chi connectivity index (χ0) is 24.2. The van der Waals surface area contributed by atoms with Crippen LogP contribution >= 0.6 is 0 Å². The molecule has 1 atom stereocenters. The van der Waals surface area contributed by atoms with Crippen molar-refractivity contribution in [3.05, 3.63) is 88.1 Å². The molecule has 1 unspecified atom stereocenters. The van der Waals surface area contributed by atoms with Gasteiger partial charge in [0, 0.05) is 11.3 Å². The molecule has 0 aliphatic heterocycles. The summed E-state index contributed by atoms with van der Waals surface area (Å²) in [7, 11) is 1.58. The molecule has 0 fully saturated rings. The van der Waals surface area contributed by atoms with E-state index in [4.69, 9.17) is 13.9 Å². The molecule has 1 N–H and O–H groups in total. The van der Waals surface area contributed by atoms with Crippen LogP contribution in [0.5, 0.6) is 11.5 Å². The third kappa shape index (κ3) is 4.81. The zero-order valence-electron chi connectivity index (χ0n) is 19.7. The number of para-hydroxylation sites is 1. The van der Waals surface area contributed by atoms with E-state index in [0.29, 0.717) is 34.4 Å². The van der Waals surface area contributed by atoms with Gasteiger partial charge in [0.1, 0.15) is 11.3 Å². The summed E-state index contributed by atoms with van der Waals surface area (Å²) in [5.41, 5.74) is 3.53. The third-order valence-corrected chi connectivity index (χ3v) is 5.52. The lowest BCUT2D eigenvalue weighted by Gasteiger charge is -2.19. The molecule has 4 rings (SSSR count). The van der Waals surface area contributed by atoms with Crippen molar-refractivity contribution in [3.8, 4) is 22.8 Å². The average Bonchev–Trinajstić information content (AvgIpc) is 2.83. The number of aryl methyl sites for hydroxylation is 2. The Morgan fingerprint density at radius 2 is 1.68 bits per heavy atom. The van der Waals surface area contributed by atoms with Gasteiger partial charge >= 0.3 is 0 Å². The van der Waals surface area contributed by atoms with Crippen molar-refractivity contribution in [2.45, 2.75) is 33.3 Å². The number of methoxy groups -OCH3 is 1. The van der Waals surface area contributed by atoms with Crippen molar-refractivity contribution < 1.29 is 18.7 Å². The summed E-state index contributed by atoms with van der Waals surface area (Å²) in [6.45, 7) is 5.78. The Bertz CT molecular complexity index is 1370. The highest BCUT2D eigenvalue weighted by atomic mass is 16.5. The topological polar surface area (TPSA) is 77.8 Å². The summed E-state index contributed by atoms with van der Waals surface area (Å²) in [4.78, 5) is 26.5. The molecule has 3 aromatic carbocycles. The maximum Gasteiger partial charge on any atom is 0.265 e. The van der Waals surface area contributed by atoms with Crippen LogP contribution in [0.4, 0.5) is 5.69 Å². The maximum atomic E-state index is 13.4. The number of hydrogen-bond donors (Lipinski definition) is 1. The highest BCUT2D eigenvalue weighted by Gasteiger charge is 2.25. The van der Waals surface area contributed by atoms with E-state index in [0.717, 1.165) is 11.1 Å². The maximum absolute atomic E-state index is 13.4. The first kappa shape index (κ1) is 23.1. The Balaban J connectivity index is 1.74. The largest absolute Gasteiger partial charge is 0.497 e. The fraction of sp³-hybridized carbons (Fsp3) is 0.214. The number of nitrogens with one attached hydrogen (secondary N) is 1. The van der Waals surface area contributed by atoms with E-state index in [1.807, 2.05) is 39.0 Å². The molecule has 6 heteroatoms. The molecule has 0 radical (unpaired) electrons. The molecule has 6 nitrogen and oxygen atoms in total. The molecule has 1 amide bonds. The molecule has 0 saturated heterocycles. The molecule has 0 aliphatic rings. The minimum absolute atomic E-state index is 0.00582. The van der Waals surface area contributed by atoms with Crippen LogP contribution in [-0.4, -0.2) is 19.1 Å². The van der Waals surface area contributed by atoms with Gasteiger partial charge in [-0.05, 0) is 79.9 Å². The number of benzene rings is 3. The lowest BCUT2D eigenvalue weighted by Crippen LogP contribution is -2.34. The molecule has 0 spiro atoms. The molecule has 0 bridgehead atoms. The van der Waals surface area contributed by atoms with Gasteiger partial charge in [-0.15, -0.1) is 0 Å². The third-order valence-electron chi connectivity index (χ3n) is 5.52. The molecule has 0 saturated carbocycles. The summed E-state index contributed by atoms with van der Waals surface area (Å²) in [5, 5.41) is 3.30. The predicted molar refractivity (Wildman–Crippen MR) is 134 cm³/mol. The van der Waals surface area contributed by atoms with Gasteiger partial charge in [0.15, 0.2) is 11.9 Å². The SMILES string of the molecule is CCC(Oc1c(-c2ccc(OC)cc2)oc2ccccc2c1=O)C(=O)Nc1cc(C)cc(C)c1. The number of fused-ring (bicyclic) bond motifs is 1. The van der Waals surface area contributed by atoms with Crippen LogP contribution in [-0.2, 0) is 4.79 Å². The number of amides is 1. The van der Waals surface area contributed by atoms with E-state index >= 15 is 0 Å². The first-order valence-corrected chi connectivity index (χ1v) is 11.2. The fourth-order valence-corrected chi connectivity index (χ4v) is 3.90. The molecule has 1 aromatic heterocycles. The smallest absolute Gasteiger partial charge is 0.265 e. The highest BCUT2D eigenvalue weighted by Crippen LogP contribution is 2.33. The molecule has 4 aromatic rings. The van der Waals surface area contributed by atoms with Crippen LogP contribution in [0.2, 0.25) is 0 Å². The number of anilines is 1. The Morgan fingerprint density at radius 1 is 1.00 bits per heavy atom. The van der Waals surface area contributed by atoms with Crippen molar-refractivity contribution in [3.63, 3.8) is 0 Å². The van der Waals surface area contributed by atoms with E-state index in [2.05, 4.69) is 5.32 Å². The zero-order valence-corrected chi connectivity index (χ0v) is 19.7. The van der Waals surface area contributed by atoms with Crippen molar-refractivity contribution in [2.75, 3.05) is 12.4 Å². The predicted octanol–water partition coefficient (Wildman–Crippen LogP) is 5.88. The van der Waals surface area contributed by atoms with Crippen molar-refractivity contribution >= 4 is 22.6 Å². The summed E-state index contributed by atoms with van der Waals surface area (Å²) >= 11 is 0. The van der Waals surface area contributed by atoms with E-state index < -0.39 is 6.10 Å². The summed E-state index contributed by atoms with van der Waals surface area (Å²) in [6.07, 6.45) is -0.521. The van der Waals surface area contributed by atoms with E-state index in [9.17, 15) is 9.59 Å². The first-order valence-electron chi connectivity index (χ1n) is 11.2. The Labute approximate surface area is 198 Å².